The van der Waals surface area contributed by atoms with Gasteiger partial charge in [0.25, 0.3) is 5.91 Å². The summed E-state index contributed by atoms with van der Waals surface area (Å²) in [5, 5.41) is 22.8. The van der Waals surface area contributed by atoms with Crippen LogP contribution in [0.5, 0.6) is 17.2 Å². The number of phenolic OH excluding ortho intramolecular Hbond substituents is 2. The van der Waals surface area contributed by atoms with E-state index in [1.165, 1.54) is 67.8 Å². The van der Waals surface area contributed by atoms with E-state index >= 15 is 0 Å². The first-order valence-corrected chi connectivity index (χ1v) is 16.4. The SMILES string of the molecule is CC(=O)c1cc(C(=O)N(C)Cc2ccc(C)o2)c(O)cc1O.CCCCOc1ccc(CC)c(CCC)c1.CCCNCCC. The molecule has 0 aliphatic heterocycles. The van der Waals surface area contributed by atoms with Gasteiger partial charge in [0, 0.05) is 13.1 Å². The van der Waals surface area contributed by atoms with E-state index in [-0.39, 0.29) is 29.2 Å². The van der Waals surface area contributed by atoms with Gasteiger partial charge < -0.3 is 29.6 Å². The van der Waals surface area contributed by atoms with E-state index < -0.39 is 11.7 Å². The highest BCUT2D eigenvalue weighted by Crippen LogP contribution is 2.29. The number of carbonyl (C=O) groups is 2. The van der Waals surface area contributed by atoms with Gasteiger partial charge in [-0.1, -0.05) is 53.5 Å². The lowest BCUT2D eigenvalue weighted by atomic mass is 10.0. The van der Waals surface area contributed by atoms with Crippen LogP contribution in [0.4, 0.5) is 0 Å². The molecule has 3 N–H and O–H groups in total. The second kappa shape index (κ2) is 21.8. The monoisotopic (exact) mass is 624 g/mol. The van der Waals surface area contributed by atoms with Crippen molar-refractivity contribution in [3.05, 3.63) is 76.2 Å². The second-order valence-electron chi connectivity index (χ2n) is 11.1. The van der Waals surface area contributed by atoms with E-state index in [1.54, 1.807) is 26.1 Å². The first kappa shape index (κ1) is 39.2. The van der Waals surface area contributed by atoms with Crippen LogP contribution in [0.3, 0.4) is 0 Å². The lowest BCUT2D eigenvalue weighted by Gasteiger charge is -2.17. The van der Waals surface area contributed by atoms with Crippen LogP contribution in [0.1, 0.15) is 117 Å². The van der Waals surface area contributed by atoms with Gasteiger partial charge in [-0.2, -0.15) is 0 Å². The van der Waals surface area contributed by atoms with Crippen molar-refractivity contribution in [3.8, 4) is 17.2 Å². The fourth-order valence-corrected chi connectivity index (χ4v) is 4.46. The minimum atomic E-state index is -0.478. The summed E-state index contributed by atoms with van der Waals surface area (Å²) in [6.45, 7) is 17.5. The molecule has 3 rings (SSSR count). The molecular formula is C37H56N2O6. The lowest BCUT2D eigenvalue weighted by Crippen LogP contribution is -2.26. The van der Waals surface area contributed by atoms with Crippen LogP contribution in [0.2, 0.25) is 0 Å². The van der Waals surface area contributed by atoms with Crippen LogP contribution < -0.4 is 10.1 Å². The Balaban J connectivity index is 0.000000385. The first-order chi connectivity index (χ1) is 21.5. The van der Waals surface area contributed by atoms with E-state index in [9.17, 15) is 19.8 Å². The fraction of sp³-hybridized carbons (Fsp3) is 0.514. The molecule has 0 spiro atoms. The smallest absolute Gasteiger partial charge is 0.257 e. The van der Waals surface area contributed by atoms with Crippen LogP contribution in [-0.2, 0) is 19.4 Å². The molecule has 3 aromatic rings. The second-order valence-corrected chi connectivity index (χ2v) is 11.1. The number of ether oxygens (including phenoxy) is 1. The number of hydrogen-bond acceptors (Lipinski definition) is 7. The molecule has 0 radical (unpaired) electrons. The number of nitrogens with one attached hydrogen (secondary N) is 1. The van der Waals surface area contributed by atoms with Crippen molar-refractivity contribution in [1.82, 2.24) is 10.2 Å². The summed E-state index contributed by atoms with van der Waals surface area (Å²) in [7, 11) is 1.56. The number of aryl methyl sites for hydroxylation is 3. The van der Waals surface area contributed by atoms with Crippen LogP contribution in [0, 0.1) is 6.92 Å². The highest BCUT2D eigenvalue weighted by atomic mass is 16.5. The molecular weight excluding hydrogens is 568 g/mol. The molecule has 0 fully saturated rings. The van der Waals surface area contributed by atoms with Crippen LogP contribution in [0.15, 0.2) is 46.9 Å². The molecule has 45 heavy (non-hydrogen) atoms. The topological polar surface area (TPSA) is 112 Å². The van der Waals surface area contributed by atoms with Crippen LogP contribution in [0.25, 0.3) is 0 Å². The predicted molar refractivity (Wildman–Crippen MR) is 183 cm³/mol. The Kier molecular flexibility index (Phi) is 19.0. The summed E-state index contributed by atoms with van der Waals surface area (Å²) in [5.41, 5.74) is 2.86. The average molecular weight is 625 g/mol. The molecule has 0 bridgehead atoms. The number of Topliss-reactive ketones (excluding diaryl/α,β-unsaturated/α-hetero) is 1. The maximum atomic E-state index is 12.4. The quantitative estimate of drug-likeness (QED) is 0.115. The van der Waals surface area contributed by atoms with E-state index in [0.717, 1.165) is 43.4 Å². The molecule has 0 saturated carbocycles. The zero-order valence-corrected chi connectivity index (χ0v) is 28.8. The van der Waals surface area contributed by atoms with Crippen molar-refractivity contribution in [2.24, 2.45) is 0 Å². The average Bonchev–Trinajstić information content (AvgIpc) is 3.42. The number of furan rings is 1. The van der Waals surface area contributed by atoms with Gasteiger partial charge in [-0.05, 0) is 100 Å². The number of ketones is 1. The Hall–Kier alpha value is -3.78. The van der Waals surface area contributed by atoms with Crippen LogP contribution in [-0.4, -0.2) is 53.5 Å². The highest BCUT2D eigenvalue weighted by Gasteiger charge is 2.21. The number of carbonyl (C=O) groups excluding carboxylic acids is 2. The standard InChI is InChI=1S/C16H17NO5.C15H24O.C6H15N/c1-9-4-5-11(22-9)8-17(3)16(21)13-6-12(10(2)18)14(19)7-15(13)20;1-4-7-11-16-15-10-9-13(6-3)14(12-15)8-5-2;1-3-5-7-6-4-2/h4-7,19-20H,8H2,1-3H3;9-10,12H,4-8,11H2,1-3H3;7H,3-6H2,1-2H3. The van der Waals surface area contributed by atoms with Gasteiger partial charge in [-0.3, -0.25) is 9.59 Å². The molecule has 1 amide bonds. The Labute approximate surface area is 270 Å². The lowest BCUT2D eigenvalue weighted by molar-refractivity contribution is 0.0772. The van der Waals surface area contributed by atoms with Crippen molar-refractivity contribution in [1.29, 1.82) is 0 Å². The van der Waals surface area contributed by atoms with E-state index in [4.69, 9.17) is 9.15 Å². The summed E-state index contributed by atoms with van der Waals surface area (Å²) < 4.78 is 11.1. The number of rotatable bonds is 15. The minimum Gasteiger partial charge on any atom is -0.507 e. The van der Waals surface area contributed by atoms with Gasteiger partial charge in [0.1, 0.15) is 28.8 Å². The van der Waals surface area contributed by atoms with Gasteiger partial charge in [0.15, 0.2) is 5.78 Å². The van der Waals surface area contributed by atoms with E-state index in [1.807, 2.05) is 0 Å². The molecule has 8 heteroatoms. The van der Waals surface area contributed by atoms with Crippen molar-refractivity contribution in [3.63, 3.8) is 0 Å². The van der Waals surface area contributed by atoms with Gasteiger partial charge in [0.05, 0.1) is 24.3 Å². The van der Waals surface area contributed by atoms with E-state index in [2.05, 4.69) is 58.1 Å². The normalized spacial score (nSPS) is 10.3. The maximum absolute atomic E-state index is 12.4. The van der Waals surface area contributed by atoms with Gasteiger partial charge in [-0.25, -0.2) is 0 Å². The third-order valence-electron chi connectivity index (χ3n) is 6.96. The predicted octanol–water partition coefficient (Wildman–Crippen LogP) is 8.25. The van der Waals surface area contributed by atoms with Gasteiger partial charge in [0.2, 0.25) is 0 Å². The van der Waals surface area contributed by atoms with Crippen molar-refractivity contribution < 1.29 is 29.0 Å². The molecule has 250 valence electrons. The molecule has 0 unspecified atom stereocenters. The van der Waals surface area contributed by atoms with E-state index in [0.29, 0.717) is 5.76 Å². The molecule has 0 saturated heterocycles. The maximum Gasteiger partial charge on any atom is 0.257 e. The third kappa shape index (κ3) is 14.2. The molecule has 2 aromatic carbocycles. The Morgan fingerprint density at radius 3 is 2.04 bits per heavy atom. The largest absolute Gasteiger partial charge is 0.507 e. The highest BCUT2D eigenvalue weighted by molar-refractivity contribution is 6.03. The van der Waals surface area contributed by atoms with Gasteiger partial charge in [-0.15, -0.1) is 0 Å². The first-order valence-electron chi connectivity index (χ1n) is 16.4. The van der Waals surface area contributed by atoms with Crippen molar-refractivity contribution in [2.45, 2.75) is 100.0 Å². The third-order valence-corrected chi connectivity index (χ3v) is 6.96. The molecule has 1 aromatic heterocycles. The number of unbranched alkanes of at least 4 members (excludes halogenated alkanes) is 1. The minimum absolute atomic E-state index is 0.0107. The van der Waals surface area contributed by atoms with Crippen molar-refractivity contribution in [2.75, 3.05) is 26.7 Å². The number of aromatic hydroxyl groups is 2. The molecule has 8 nitrogen and oxygen atoms in total. The zero-order chi connectivity index (χ0) is 33.8. The molecule has 1 heterocycles. The fourth-order valence-electron chi connectivity index (χ4n) is 4.46. The van der Waals surface area contributed by atoms with Crippen molar-refractivity contribution >= 4 is 11.7 Å². The molecule has 0 atom stereocenters. The summed E-state index contributed by atoms with van der Waals surface area (Å²) in [6, 6.07) is 12.3. The Morgan fingerprint density at radius 2 is 1.51 bits per heavy atom. The summed E-state index contributed by atoms with van der Waals surface area (Å²) in [5.74, 6) is 0.778. The zero-order valence-electron chi connectivity index (χ0n) is 28.8. The number of hydrogen-bond donors (Lipinski definition) is 3. The molecule has 0 aliphatic carbocycles. The van der Waals surface area contributed by atoms with Crippen LogP contribution >= 0.6 is 0 Å². The number of benzene rings is 2. The number of nitrogens with zero attached hydrogens (tertiary/aromatic N) is 1. The van der Waals surface area contributed by atoms with Gasteiger partial charge >= 0.3 is 0 Å². The summed E-state index contributed by atoms with van der Waals surface area (Å²) >= 11 is 0. The number of phenols is 2. The Morgan fingerprint density at radius 1 is 0.844 bits per heavy atom. The summed E-state index contributed by atoms with van der Waals surface area (Å²) in [6.07, 6.45) is 8.30. The molecule has 0 aliphatic rings. The summed E-state index contributed by atoms with van der Waals surface area (Å²) in [4.78, 5) is 25.2. The number of amides is 1. The Bertz CT molecular complexity index is 1300.